The lowest BCUT2D eigenvalue weighted by atomic mass is 10.2. The summed E-state index contributed by atoms with van der Waals surface area (Å²) in [6.45, 7) is 0.179. The third-order valence-electron chi connectivity index (χ3n) is 3.17. The van der Waals surface area contributed by atoms with Crippen LogP contribution in [-0.2, 0) is 22.2 Å². The van der Waals surface area contributed by atoms with E-state index in [1.807, 2.05) is 17.5 Å². The third-order valence-corrected chi connectivity index (χ3v) is 5.74. The zero-order valence-corrected chi connectivity index (χ0v) is 14.9. The van der Waals surface area contributed by atoms with E-state index >= 15 is 0 Å². The molecule has 0 saturated carbocycles. The zero-order valence-electron chi connectivity index (χ0n) is 12.5. The molecule has 2 aromatic heterocycles. The number of benzene rings is 1. The lowest BCUT2D eigenvalue weighted by molar-refractivity contribution is 0.379. The lowest BCUT2D eigenvalue weighted by Crippen LogP contribution is -2.27. The fraction of sp³-hybridized carbons (Fsp3) is 0.200. The second kappa shape index (κ2) is 7.43. The highest BCUT2D eigenvalue weighted by Crippen LogP contribution is 2.21. The van der Waals surface area contributed by atoms with Gasteiger partial charge in [0.25, 0.3) is 0 Å². The second-order valence-corrected chi connectivity index (χ2v) is 8.15. The maximum atomic E-state index is 12.1. The summed E-state index contributed by atoms with van der Waals surface area (Å²) < 4.78 is 31.8. The van der Waals surface area contributed by atoms with Gasteiger partial charge in [0, 0.05) is 18.0 Å². The maximum Gasteiger partial charge on any atom is 0.228 e. The molecule has 0 bridgehead atoms. The van der Waals surface area contributed by atoms with E-state index in [0.717, 1.165) is 4.88 Å². The summed E-state index contributed by atoms with van der Waals surface area (Å²) >= 11 is 7.50. The van der Waals surface area contributed by atoms with E-state index in [9.17, 15) is 8.42 Å². The smallest absolute Gasteiger partial charge is 0.228 e. The molecule has 0 amide bonds. The van der Waals surface area contributed by atoms with E-state index in [2.05, 4.69) is 14.9 Å². The number of sulfonamides is 1. The Labute approximate surface area is 148 Å². The molecule has 0 aliphatic heterocycles. The molecule has 3 rings (SSSR count). The van der Waals surface area contributed by atoms with Gasteiger partial charge in [-0.25, -0.2) is 13.1 Å². The number of rotatable bonds is 7. The molecule has 0 saturated heterocycles. The molecule has 9 heteroatoms. The first-order valence-electron chi connectivity index (χ1n) is 7.11. The summed E-state index contributed by atoms with van der Waals surface area (Å²) in [6.07, 6.45) is 0.320. The highest BCUT2D eigenvalue weighted by atomic mass is 35.5. The van der Waals surface area contributed by atoms with E-state index < -0.39 is 10.0 Å². The largest absolute Gasteiger partial charge is 0.339 e. The van der Waals surface area contributed by atoms with E-state index in [1.54, 1.807) is 24.3 Å². The van der Waals surface area contributed by atoms with Crippen molar-refractivity contribution in [1.29, 1.82) is 0 Å². The monoisotopic (exact) mass is 383 g/mol. The van der Waals surface area contributed by atoms with Crippen LogP contribution in [0.15, 0.2) is 46.3 Å². The zero-order chi connectivity index (χ0) is 17.0. The Morgan fingerprint density at radius 2 is 2.04 bits per heavy atom. The summed E-state index contributed by atoms with van der Waals surface area (Å²) in [6, 6.07) is 10.7. The van der Waals surface area contributed by atoms with E-state index in [1.165, 1.54) is 11.3 Å². The summed E-state index contributed by atoms with van der Waals surface area (Å²) in [5, 5.41) is 6.24. The number of hydrogen-bond acceptors (Lipinski definition) is 6. The molecule has 0 atom stereocenters. The van der Waals surface area contributed by atoms with Crippen molar-refractivity contribution < 1.29 is 12.9 Å². The first-order valence-corrected chi connectivity index (χ1v) is 10.0. The number of halogens is 1. The van der Waals surface area contributed by atoms with Gasteiger partial charge >= 0.3 is 0 Å². The van der Waals surface area contributed by atoms with Gasteiger partial charge in [-0.15, -0.1) is 11.3 Å². The van der Waals surface area contributed by atoms with Crippen LogP contribution >= 0.6 is 22.9 Å². The minimum atomic E-state index is -3.49. The number of hydrogen-bond donors (Lipinski definition) is 1. The lowest BCUT2D eigenvalue weighted by Gasteiger charge is -2.06. The van der Waals surface area contributed by atoms with Crippen molar-refractivity contribution in [2.45, 2.75) is 12.2 Å². The van der Waals surface area contributed by atoms with Gasteiger partial charge in [0.15, 0.2) is 0 Å². The molecule has 1 aromatic carbocycles. The second-order valence-electron chi connectivity index (χ2n) is 4.98. The van der Waals surface area contributed by atoms with Crippen LogP contribution in [0, 0.1) is 0 Å². The Morgan fingerprint density at radius 3 is 2.79 bits per heavy atom. The van der Waals surface area contributed by atoms with Gasteiger partial charge in [-0.2, -0.15) is 4.98 Å². The predicted octanol–water partition coefficient (Wildman–Crippen LogP) is 3.11. The van der Waals surface area contributed by atoms with Crippen LogP contribution in [0.1, 0.15) is 11.5 Å². The van der Waals surface area contributed by atoms with Crippen LogP contribution in [0.3, 0.4) is 0 Å². The molecule has 3 aromatic rings. The SMILES string of the molecule is O=S(=O)(Cc1ccccc1Cl)NCCc1nc(-c2cccs2)no1. The van der Waals surface area contributed by atoms with Crippen LogP contribution in [0.25, 0.3) is 10.7 Å². The molecule has 0 aliphatic rings. The maximum absolute atomic E-state index is 12.1. The summed E-state index contributed by atoms with van der Waals surface area (Å²) in [5.41, 5.74) is 0.560. The van der Waals surface area contributed by atoms with Crippen molar-refractivity contribution in [1.82, 2.24) is 14.9 Å². The summed E-state index contributed by atoms with van der Waals surface area (Å²) in [4.78, 5) is 5.15. The molecule has 1 N–H and O–H groups in total. The number of aromatic nitrogens is 2. The van der Waals surface area contributed by atoms with Crippen LogP contribution in [0.2, 0.25) is 5.02 Å². The van der Waals surface area contributed by atoms with Gasteiger partial charge < -0.3 is 4.52 Å². The summed E-state index contributed by atoms with van der Waals surface area (Å²) in [5.74, 6) is 0.731. The normalized spacial score (nSPS) is 11.7. The van der Waals surface area contributed by atoms with Gasteiger partial charge in [0.05, 0.1) is 10.6 Å². The molecule has 6 nitrogen and oxygen atoms in total. The van der Waals surface area contributed by atoms with Crippen molar-refractivity contribution >= 4 is 33.0 Å². The molecular weight excluding hydrogens is 370 g/mol. The highest BCUT2D eigenvalue weighted by Gasteiger charge is 2.14. The van der Waals surface area contributed by atoms with E-state index in [4.69, 9.17) is 16.1 Å². The first-order chi connectivity index (χ1) is 11.5. The van der Waals surface area contributed by atoms with Crippen molar-refractivity contribution in [3.63, 3.8) is 0 Å². The number of nitrogens with zero attached hydrogens (tertiary/aromatic N) is 2. The van der Waals surface area contributed by atoms with Crippen molar-refractivity contribution in [2.24, 2.45) is 0 Å². The van der Waals surface area contributed by atoms with Crippen molar-refractivity contribution in [2.75, 3.05) is 6.54 Å². The van der Waals surface area contributed by atoms with Crippen LogP contribution < -0.4 is 4.72 Å². The minimum Gasteiger partial charge on any atom is -0.339 e. The average Bonchev–Trinajstić information content (AvgIpc) is 3.20. The van der Waals surface area contributed by atoms with Crippen molar-refractivity contribution in [3.05, 3.63) is 58.3 Å². The molecule has 0 spiro atoms. The molecule has 2 heterocycles. The topological polar surface area (TPSA) is 85.1 Å². The van der Waals surface area contributed by atoms with Gasteiger partial charge in [-0.3, -0.25) is 0 Å². The molecular formula is C15H14ClN3O3S2. The number of thiophene rings is 1. The van der Waals surface area contributed by atoms with Gasteiger partial charge in [0.2, 0.25) is 21.7 Å². The quantitative estimate of drug-likeness (QED) is 0.677. The fourth-order valence-corrected chi connectivity index (χ4v) is 4.15. The molecule has 24 heavy (non-hydrogen) atoms. The minimum absolute atomic E-state index is 0.170. The Kier molecular flexibility index (Phi) is 5.30. The average molecular weight is 384 g/mol. The van der Waals surface area contributed by atoms with E-state index in [0.29, 0.717) is 28.7 Å². The first kappa shape index (κ1) is 17.1. The Balaban J connectivity index is 1.55. The van der Waals surface area contributed by atoms with E-state index in [-0.39, 0.29) is 12.3 Å². The standard InChI is InChI=1S/C15H14ClN3O3S2/c16-12-5-2-1-4-11(12)10-24(20,21)17-8-7-14-18-15(19-22-14)13-6-3-9-23-13/h1-6,9,17H,7-8,10H2. The molecule has 0 radical (unpaired) electrons. The van der Waals surface area contributed by atoms with Crippen LogP contribution in [-0.4, -0.2) is 25.1 Å². The molecule has 126 valence electrons. The number of nitrogens with one attached hydrogen (secondary N) is 1. The molecule has 0 aliphatic carbocycles. The van der Waals surface area contributed by atoms with Gasteiger partial charge in [0.1, 0.15) is 0 Å². The van der Waals surface area contributed by atoms with Crippen LogP contribution in [0.5, 0.6) is 0 Å². The predicted molar refractivity (Wildman–Crippen MR) is 93.4 cm³/mol. The van der Waals surface area contributed by atoms with Crippen LogP contribution in [0.4, 0.5) is 0 Å². The Bertz CT molecular complexity index is 908. The highest BCUT2D eigenvalue weighted by molar-refractivity contribution is 7.88. The molecule has 0 unspecified atom stereocenters. The van der Waals surface area contributed by atoms with Crippen molar-refractivity contribution in [3.8, 4) is 10.7 Å². The fourth-order valence-electron chi connectivity index (χ4n) is 2.05. The molecule has 0 fully saturated rings. The third kappa shape index (κ3) is 4.41. The Hall–Kier alpha value is -1.74. The Morgan fingerprint density at radius 1 is 1.21 bits per heavy atom. The summed E-state index contributed by atoms with van der Waals surface area (Å²) in [7, 11) is -3.49. The van der Waals surface area contributed by atoms with Gasteiger partial charge in [-0.05, 0) is 23.1 Å². The van der Waals surface area contributed by atoms with Gasteiger partial charge in [-0.1, -0.05) is 41.0 Å².